The second kappa shape index (κ2) is 4.68. The maximum absolute atomic E-state index is 5.99. The van der Waals surface area contributed by atoms with E-state index in [1.165, 1.54) is 4.88 Å². The molecule has 3 nitrogen and oxygen atoms in total. The molecule has 2 N–H and O–H groups in total. The van der Waals surface area contributed by atoms with Crippen LogP contribution in [0.5, 0.6) is 0 Å². The minimum Gasteiger partial charge on any atom is -0.369 e. The van der Waals surface area contributed by atoms with Gasteiger partial charge >= 0.3 is 0 Å². The molecule has 1 aromatic carbocycles. The number of imidazole rings is 1. The third kappa shape index (κ3) is 2.20. The first-order chi connectivity index (χ1) is 8.63. The monoisotopic (exact) mass is 385 g/mol. The summed E-state index contributed by atoms with van der Waals surface area (Å²) in [5.41, 5.74) is 7.96. The highest BCUT2D eigenvalue weighted by molar-refractivity contribution is 9.11. The molecular formula is C12H9Br2N3S. The zero-order valence-electron chi connectivity index (χ0n) is 9.23. The van der Waals surface area contributed by atoms with Crippen molar-refractivity contribution in [2.24, 2.45) is 0 Å². The van der Waals surface area contributed by atoms with E-state index in [1.807, 2.05) is 28.8 Å². The number of halogens is 2. The van der Waals surface area contributed by atoms with E-state index in [0.717, 1.165) is 25.8 Å². The lowest BCUT2D eigenvalue weighted by molar-refractivity contribution is 0.852. The molecule has 0 radical (unpaired) electrons. The highest BCUT2D eigenvalue weighted by atomic mass is 79.9. The Morgan fingerprint density at radius 2 is 2.06 bits per heavy atom. The maximum atomic E-state index is 5.99. The van der Waals surface area contributed by atoms with Gasteiger partial charge in [-0.05, 0) is 46.3 Å². The van der Waals surface area contributed by atoms with Crippen LogP contribution in [0.1, 0.15) is 4.88 Å². The van der Waals surface area contributed by atoms with E-state index in [-0.39, 0.29) is 0 Å². The number of fused-ring (bicyclic) bond motifs is 1. The van der Waals surface area contributed by atoms with Crippen LogP contribution in [0.25, 0.3) is 11.0 Å². The van der Waals surface area contributed by atoms with Crippen LogP contribution in [0.4, 0.5) is 5.95 Å². The Balaban J connectivity index is 2.10. The van der Waals surface area contributed by atoms with Gasteiger partial charge in [-0.2, -0.15) is 0 Å². The average Bonchev–Trinajstić information content (AvgIpc) is 2.86. The molecule has 0 atom stereocenters. The van der Waals surface area contributed by atoms with E-state index in [4.69, 9.17) is 5.73 Å². The molecule has 0 aliphatic carbocycles. The lowest BCUT2D eigenvalue weighted by atomic mass is 10.3. The Hall–Kier alpha value is -0.850. The Morgan fingerprint density at radius 3 is 2.78 bits per heavy atom. The molecule has 0 bridgehead atoms. The molecule has 0 unspecified atom stereocenters. The number of nitrogen functional groups attached to an aromatic ring is 1. The predicted octanol–water partition coefficient (Wildman–Crippen LogP) is 4.25. The third-order valence-corrected chi connectivity index (χ3v) is 4.78. The molecule has 0 spiro atoms. The Bertz CT molecular complexity index is 717. The molecular weight excluding hydrogens is 378 g/mol. The number of nitrogens with two attached hydrogens (primary N) is 1. The predicted molar refractivity (Wildman–Crippen MR) is 83.0 cm³/mol. The van der Waals surface area contributed by atoms with Gasteiger partial charge in [0.2, 0.25) is 5.95 Å². The number of hydrogen-bond donors (Lipinski definition) is 1. The minimum absolute atomic E-state index is 0.549. The lowest BCUT2D eigenvalue weighted by Gasteiger charge is -2.04. The molecule has 2 aromatic heterocycles. The Labute approximate surface area is 125 Å². The first-order valence-corrected chi connectivity index (χ1v) is 7.69. The van der Waals surface area contributed by atoms with Gasteiger partial charge in [-0.15, -0.1) is 11.3 Å². The summed E-state index contributed by atoms with van der Waals surface area (Å²) in [6.45, 7) is 0.745. The highest BCUT2D eigenvalue weighted by Gasteiger charge is 2.09. The first kappa shape index (κ1) is 12.2. The third-order valence-electron chi connectivity index (χ3n) is 2.68. The van der Waals surface area contributed by atoms with Crippen LogP contribution in [0.15, 0.2) is 38.6 Å². The van der Waals surface area contributed by atoms with Crippen molar-refractivity contribution in [2.45, 2.75) is 6.54 Å². The van der Waals surface area contributed by atoms with Gasteiger partial charge in [0.15, 0.2) is 0 Å². The molecule has 18 heavy (non-hydrogen) atoms. The molecule has 0 saturated carbocycles. The fourth-order valence-electron chi connectivity index (χ4n) is 1.87. The number of aromatic nitrogens is 2. The standard InChI is InChI=1S/C12H9Br2N3S/c13-7-1-3-9-10(5-7)17(12(15)16-9)6-8-2-4-11(14)18-8/h1-5H,6H2,(H2,15,16). The van der Waals surface area contributed by atoms with E-state index in [1.54, 1.807) is 11.3 Å². The summed E-state index contributed by atoms with van der Waals surface area (Å²) in [5, 5.41) is 0. The quantitative estimate of drug-likeness (QED) is 0.715. The summed E-state index contributed by atoms with van der Waals surface area (Å²) in [5.74, 6) is 0.549. The van der Waals surface area contributed by atoms with E-state index >= 15 is 0 Å². The summed E-state index contributed by atoms with van der Waals surface area (Å²) < 4.78 is 4.18. The number of benzene rings is 1. The summed E-state index contributed by atoms with van der Waals surface area (Å²) in [6.07, 6.45) is 0. The summed E-state index contributed by atoms with van der Waals surface area (Å²) in [6, 6.07) is 10.1. The second-order valence-corrected chi connectivity index (χ2v) is 7.36. The van der Waals surface area contributed by atoms with Gasteiger partial charge < -0.3 is 10.3 Å². The van der Waals surface area contributed by atoms with Crippen molar-refractivity contribution in [2.75, 3.05) is 5.73 Å². The molecule has 0 amide bonds. The molecule has 2 heterocycles. The largest absolute Gasteiger partial charge is 0.369 e. The molecule has 6 heteroatoms. The van der Waals surface area contributed by atoms with Crippen LogP contribution in [-0.2, 0) is 6.54 Å². The molecule has 3 aromatic rings. The molecule has 92 valence electrons. The van der Waals surface area contributed by atoms with Gasteiger partial charge in [0.05, 0.1) is 21.4 Å². The van der Waals surface area contributed by atoms with Gasteiger partial charge in [-0.3, -0.25) is 0 Å². The van der Waals surface area contributed by atoms with Gasteiger partial charge in [0.1, 0.15) is 0 Å². The van der Waals surface area contributed by atoms with E-state index in [2.05, 4.69) is 42.9 Å². The summed E-state index contributed by atoms with van der Waals surface area (Å²) in [4.78, 5) is 5.61. The highest BCUT2D eigenvalue weighted by Crippen LogP contribution is 2.27. The van der Waals surface area contributed by atoms with Crippen molar-refractivity contribution in [3.8, 4) is 0 Å². The van der Waals surface area contributed by atoms with Crippen molar-refractivity contribution in [3.05, 3.63) is 43.5 Å². The number of anilines is 1. The number of nitrogens with zero attached hydrogens (tertiary/aromatic N) is 2. The van der Waals surface area contributed by atoms with E-state index in [0.29, 0.717) is 5.95 Å². The van der Waals surface area contributed by atoms with Gasteiger partial charge in [-0.1, -0.05) is 15.9 Å². The molecule has 0 fully saturated rings. The number of thiophene rings is 1. The molecule has 0 aliphatic rings. The van der Waals surface area contributed by atoms with Crippen LogP contribution in [-0.4, -0.2) is 9.55 Å². The van der Waals surface area contributed by atoms with Crippen molar-refractivity contribution < 1.29 is 0 Å². The summed E-state index contributed by atoms with van der Waals surface area (Å²) >= 11 is 8.66. The Kier molecular flexibility index (Phi) is 3.17. The van der Waals surface area contributed by atoms with Crippen LogP contribution >= 0.6 is 43.2 Å². The van der Waals surface area contributed by atoms with Gasteiger partial charge in [0, 0.05) is 9.35 Å². The van der Waals surface area contributed by atoms with E-state index in [9.17, 15) is 0 Å². The molecule has 3 rings (SSSR count). The second-order valence-electron chi connectivity index (χ2n) is 3.90. The van der Waals surface area contributed by atoms with E-state index < -0.39 is 0 Å². The van der Waals surface area contributed by atoms with Crippen LogP contribution in [0, 0.1) is 0 Å². The maximum Gasteiger partial charge on any atom is 0.201 e. The number of hydrogen-bond acceptors (Lipinski definition) is 3. The zero-order valence-corrected chi connectivity index (χ0v) is 13.2. The molecule has 0 saturated heterocycles. The minimum atomic E-state index is 0.549. The zero-order chi connectivity index (χ0) is 12.7. The average molecular weight is 387 g/mol. The lowest BCUT2D eigenvalue weighted by Crippen LogP contribution is -2.03. The smallest absolute Gasteiger partial charge is 0.201 e. The first-order valence-electron chi connectivity index (χ1n) is 5.29. The van der Waals surface area contributed by atoms with Crippen LogP contribution < -0.4 is 5.73 Å². The van der Waals surface area contributed by atoms with Crippen molar-refractivity contribution >= 4 is 60.2 Å². The van der Waals surface area contributed by atoms with Gasteiger partial charge in [0.25, 0.3) is 0 Å². The topological polar surface area (TPSA) is 43.8 Å². The number of rotatable bonds is 2. The van der Waals surface area contributed by atoms with Crippen LogP contribution in [0.2, 0.25) is 0 Å². The Morgan fingerprint density at radius 1 is 1.22 bits per heavy atom. The van der Waals surface area contributed by atoms with Crippen molar-refractivity contribution in [1.29, 1.82) is 0 Å². The summed E-state index contributed by atoms with van der Waals surface area (Å²) in [7, 11) is 0. The van der Waals surface area contributed by atoms with Crippen LogP contribution in [0.3, 0.4) is 0 Å². The van der Waals surface area contributed by atoms with Gasteiger partial charge in [-0.25, -0.2) is 4.98 Å². The molecule has 0 aliphatic heterocycles. The van der Waals surface area contributed by atoms with Crippen molar-refractivity contribution in [1.82, 2.24) is 9.55 Å². The SMILES string of the molecule is Nc1nc2ccc(Br)cc2n1Cc1ccc(Br)s1. The fourth-order valence-corrected chi connectivity index (χ4v) is 3.69. The van der Waals surface area contributed by atoms with Crippen molar-refractivity contribution in [3.63, 3.8) is 0 Å². The normalized spacial score (nSPS) is 11.2. The fraction of sp³-hybridized carbons (Fsp3) is 0.0833.